The summed E-state index contributed by atoms with van der Waals surface area (Å²) in [5.74, 6) is -0.0391. The van der Waals surface area contributed by atoms with Crippen LogP contribution in [0.4, 0.5) is 0 Å². The van der Waals surface area contributed by atoms with Gasteiger partial charge in [0, 0.05) is 17.5 Å². The first kappa shape index (κ1) is 21.4. The first-order chi connectivity index (χ1) is 14.2. The molecule has 0 spiro atoms. The summed E-state index contributed by atoms with van der Waals surface area (Å²) in [6.07, 6.45) is 11.2. The van der Waals surface area contributed by atoms with Gasteiger partial charge in [-0.25, -0.2) is 0 Å². The first-order valence-electron chi connectivity index (χ1n) is 11.9. The predicted octanol–water partition coefficient (Wildman–Crippen LogP) is 4.18. The van der Waals surface area contributed by atoms with Gasteiger partial charge in [0.25, 0.3) is 5.91 Å². The Bertz CT molecular complexity index is 795. The number of fused-ring (bicyclic) bond motifs is 1. The van der Waals surface area contributed by atoms with Crippen molar-refractivity contribution in [3.63, 3.8) is 0 Å². The van der Waals surface area contributed by atoms with E-state index in [1.807, 2.05) is 17.9 Å². The Labute approximate surface area is 180 Å². The lowest BCUT2D eigenvalue weighted by Gasteiger charge is -2.46. The minimum atomic E-state index is -0.896. The predicted molar refractivity (Wildman–Crippen MR) is 117 cm³/mol. The highest BCUT2D eigenvalue weighted by atomic mass is 16.2. The highest BCUT2D eigenvalue weighted by molar-refractivity contribution is 6.00. The fourth-order valence-electron chi connectivity index (χ4n) is 5.47. The second-order valence-corrected chi connectivity index (χ2v) is 10.9. The van der Waals surface area contributed by atoms with Crippen LogP contribution >= 0.6 is 0 Å². The molecule has 2 aliphatic carbocycles. The Hall–Kier alpha value is -1.85. The van der Waals surface area contributed by atoms with Gasteiger partial charge in [0.05, 0.1) is 12.2 Å². The smallest absolute Gasteiger partial charge is 0.273 e. The molecule has 1 unspecified atom stereocenters. The van der Waals surface area contributed by atoms with E-state index in [0.717, 1.165) is 44.2 Å². The molecular formula is C24H38N4O2. The van der Waals surface area contributed by atoms with Crippen molar-refractivity contribution in [2.45, 2.75) is 121 Å². The van der Waals surface area contributed by atoms with Crippen molar-refractivity contribution in [3.8, 4) is 0 Å². The SMILES string of the molecule is CC(C)(C)c1cc2n(n1)CC(C)(C(=O)NC1CCCCCC1)N(C1CCCC1)C2=O. The van der Waals surface area contributed by atoms with Crippen molar-refractivity contribution in [3.05, 3.63) is 17.5 Å². The number of carbonyl (C=O) groups is 2. The monoisotopic (exact) mass is 414 g/mol. The van der Waals surface area contributed by atoms with Crippen LogP contribution in [0, 0.1) is 0 Å². The fraction of sp³-hybridized carbons (Fsp3) is 0.792. The van der Waals surface area contributed by atoms with Crippen molar-refractivity contribution in [2.24, 2.45) is 0 Å². The molecule has 0 bridgehead atoms. The molecule has 2 amide bonds. The number of carbonyl (C=O) groups excluding carboxylic acids is 2. The van der Waals surface area contributed by atoms with Gasteiger partial charge >= 0.3 is 0 Å². The molecule has 0 saturated heterocycles. The molecule has 1 aliphatic heterocycles. The Balaban J connectivity index is 1.67. The Kier molecular flexibility index (Phi) is 5.71. The molecule has 2 heterocycles. The number of aromatic nitrogens is 2. The number of rotatable bonds is 3. The van der Waals surface area contributed by atoms with E-state index >= 15 is 0 Å². The standard InChI is InChI=1S/C24H38N4O2/c1-23(2,3)20-15-19-21(29)28(18-13-9-10-14-18)24(4,16-27(19)26-20)22(30)25-17-11-7-5-6-8-12-17/h15,17-18H,5-14,16H2,1-4H3,(H,25,30). The lowest BCUT2D eigenvalue weighted by atomic mass is 9.90. The van der Waals surface area contributed by atoms with Gasteiger partial charge < -0.3 is 10.2 Å². The van der Waals surface area contributed by atoms with Crippen molar-refractivity contribution in [1.29, 1.82) is 0 Å². The quantitative estimate of drug-likeness (QED) is 0.755. The molecule has 6 heteroatoms. The van der Waals surface area contributed by atoms with Gasteiger partial charge in [0.2, 0.25) is 5.91 Å². The van der Waals surface area contributed by atoms with E-state index in [0.29, 0.717) is 12.2 Å². The van der Waals surface area contributed by atoms with E-state index in [-0.39, 0.29) is 29.3 Å². The van der Waals surface area contributed by atoms with E-state index in [2.05, 4.69) is 26.1 Å². The highest BCUT2D eigenvalue weighted by Gasteiger charge is 2.51. The number of amides is 2. The average Bonchev–Trinajstić information content (AvgIpc) is 3.27. The van der Waals surface area contributed by atoms with Gasteiger partial charge in [-0.1, -0.05) is 59.3 Å². The molecule has 1 atom stereocenters. The van der Waals surface area contributed by atoms with E-state index in [9.17, 15) is 9.59 Å². The molecule has 166 valence electrons. The third kappa shape index (κ3) is 3.90. The van der Waals surface area contributed by atoms with Crippen LogP contribution in [0.2, 0.25) is 0 Å². The van der Waals surface area contributed by atoms with Crippen molar-refractivity contribution in [2.75, 3.05) is 0 Å². The normalized spacial score (nSPS) is 26.5. The molecule has 1 aromatic heterocycles. The number of hydrogen-bond donors (Lipinski definition) is 1. The highest BCUT2D eigenvalue weighted by Crippen LogP contribution is 2.36. The molecule has 6 nitrogen and oxygen atoms in total. The summed E-state index contributed by atoms with van der Waals surface area (Å²) in [5.41, 5.74) is 0.506. The molecule has 1 N–H and O–H groups in total. The maximum atomic E-state index is 13.7. The summed E-state index contributed by atoms with van der Waals surface area (Å²) in [7, 11) is 0. The summed E-state index contributed by atoms with van der Waals surface area (Å²) < 4.78 is 1.79. The molecular weight excluding hydrogens is 376 g/mol. The van der Waals surface area contributed by atoms with Gasteiger partial charge in [0.15, 0.2) is 0 Å². The van der Waals surface area contributed by atoms with Crippen LogP contribution in [-0.2, 0) is 16.8 Å². The fourth-order valence-corrected chi connectivity index (χ4v) is 5.47. The Morgan fingerprint density at radius 2 is 1.67 bits per heavy atom. The van der Waals surface area contributed by atoms with Crippen LogP contribution in [0.3, 0.4) is 0 Å². The zero-order valence-electron chi connectivity index (χ0n) is 19.2. The summed E-state index contributed by atoms with van der Waals surface area (Å²) in [6.45, 7) is 8.71. The zero-order chi connectivity index (χ0) is 21.5. The lowest BCUT2D eigenvalue weighted by molar-refractivity contribution is -0.135. The zero-order valence-corrected chi connectivity index (χ0v) is 19.2. The molecule has 3 aliphatic rings. The summed E-state index contributed by atoms with van der Waals surface area (Å²) in [4.78, 5) is 29.3. The third-order valence-corrected chi connectivity index (χ3v) is 7.35. The van der Waals surface area contributed by atoms with Crippen LogP contribution in [0.1, 0.15) is 108 Å². The Morgan fingerprint density at radius 1 is 1.07 bits per heavy atom. The lowest BCUT2D eigenvalue weighted by Crippen LogP contribution is -2.67. The van der Waals surface area contributed by atoms with E-state index in [1.165, 1.54) is 25.7 Å². The molecule has 30 heavy (non-hydrogen) atoms. The molecule has 0 aromatic carbocycles. The van der Waals surface area contributed by atoms with Gasteiger partial charge in [0.1, 0.15) is 11.2 Å². The summed E-state index contributed by atoms with van der Waals surface area (Å²) in [6, 6.07) is 2.30. The first-order valence-corrected chi connectivity index (χ1v) is 11.9. The number of hydrogen-bond acceptors (Lipinski definition) is 3. The van der Waals surface area contributed by atoms with Crippen molar-refractivity contribution >= 4 is 11.8 Å². The molecule has 2 fully saturated rings. The summed E-state index contributed by atoms with van der Waals surface area (Å²) in [5, 5.41) is 8.10. The van der Waals surface area contributed by atoms with Crippen LogP contribution in [0.5, 0.6) is 0 Å². The molecule has 1 aromatic rings. The minimum Gasteiger partial charge on any atom is -0.351 e. The minimum absolute atomic E-state index is 0.00638. The molecule has 4 rings (SSSR count). The second kappa shape index (κ2) is 8.01. The largest absolute Gasteiger partial charge is 0.351 e. The van der Waals surface area contributed by atoms with Gasteiger partial charge in [-0.15, -0.1) is 0 Å². The van der Waals surface area contributed by atoms with Crippen LogP contribution < -0.4 is 5.32 Å². The van der Waals surface area contributed by atoms with Crippen molar-refractivity contribution in [1.82, 2.24) is 20.0 Å². The van der Waals surface area contributed by atoms with E-state index < -0.39 is 5.54 Å². The van der Waals surface area contributed by atoms with Crippen LogP contribution in [-0.4, -0.2) is 44.1 Å². The maximum Gasteiger partial charge on any atom is 0.273 e. The van der Waals surface area contributed by atoms with Gasteiger partial charge in [-0.05, 0) is 38.7 Å². The number of nitrogens with one attached hydrogen (secondary N) is 1. The maximum absolute atomic E-state index is 13.7. The van der Waals surface area contributed by atoms with Gasteiger partial charge in [-0.3, -0.25) is 14.3 Å². The second-order valence-electron chi connectivity index (χ2n) is 10.9. The van der Waals surface area contributed by atoms with E-state index in [4.69, 9.17) is 5.10 Å². The van der Waals surface area contributed by atoms with Crippen LogP contribution in [0.15, 0.2) is 6.07 Å². The molecule has 0 radical (unpaired) electrons. The topological polar surface area (TPSA) is 67.2 Å². The van der Waals surface area contributed by atoms with E-state index in [1.54, 1.807) is 4.68 Å². The van der Waals surface area contributed by atoms with Crippen molar-refractivity contribution < 1.29 is 9.59 Å². The average molecular weight is 415 g/mol. The Morgan fingerprint density at radius 3 is 2.27 bits per heavy atom. The molecule has 2 saturated carbocycles. The summed E-state index contributed by atoms with van der Waals surface area (Å²) >= 11 is 0. The third-order valence-electron chi connectivity index (χ3n) is 7.35. The van der Waals surface area contributed by atoms with Gasteiger partial charge in [-0.2, -0.15) is 5.10 Å². The van der Waals surface area contributed by atoms with Crippen LogP contribution in [0.25, 0.3) is 0 Å². The number of nitrogens with zero attached hydrogens (tertiary/aromatic N) is 3.